The number of hydrogen-bond donors (Lipinski definition) is 5. The Labute approximate surface area is 232 Å². The van der Waals surface area contributed by atoms with Crippen LogP contribution >= 0.6 is 11.3 Å². The Morgan fingerprint density at radius 1 is 1.15 bits per heavy atom. The fourth-order valence-electron chi connectivity index (χ4n) is 4.53. The lowest BCUT2D eigenvalue weighted by atomic mass is 9.85. The lowest BCUT2D eigenvalue weighted by Crippen LogP contribution is -2.58. The molecule has 2 aromatic rings. The summed E-state index contributed by atoms with van der Waals surface area (Å²) >= 11 is 1.56. The zero-order valence-electron chi connectivity index (χ0n) is 22.9. The van der Waals surface area contributed by atoms with Gasteiger partial charge in [-0.1, -0.05) is 45.0 Å². The van der Waals surface area contributed by atoms with Crippen LogP contribution in [-0.2, 0) is 14.4 Å². The molecule has 4 amide bonds. The molecule has 0 saturated carbocycles. The number of β-amino-alcohol motifs (C(OH)–C–C–N with tert-alkyl or cyclic N) is 1. The summed E-state index contributed by atoms with van der Waals surface area (Å²) < 4.78 is 0. The van der Waals surface area contributed by atoms with Crippen LogP contribution in [0, 0.1) is 12.3 Å². The van der Waals surface area contributed by atoms with Gasteiger partial charge in [-0.2, -0.15) is 0 Å². The fourth-order valence-corrected chi connectivity index (χ4v) is 5.34. The standard InChI is InChI=1S/C27H37N5O6S/c1-15(17-6-8-18(9-7-17)22-16(2)29-14-39-22)30-24(35)20-12-19(33)13-32(20)25(36)23(27(3,4)5)31-21(34)10-11-28-26(37)38/h6-9,14-15,19-20,23,28,33H,10-13H2,1-5H3,(H,30,35)(H,31,34)(H,37,38)/t15-,19+,20-,23?/m0/s1. The number of amides is 4. The van der Waals surface area contributed by atoms with Crippen molar-refractivity contribution in [2.75, 3.05) is 13.1 Å². The van der Waals surface area contributed by atoms with Crippen molar-refractivity contribution < 1.29 is 29.4 Å². The normalized spacial score (nSPS) is 18.8. The number of carboxylic acid groups (broad SMARTS) is 1. The third kappa shape index (κ3) is 7.76. The predicted octanol–water partition coefficient (Wildman–Crippen LogP) is 2.45. The van der Waals surface area contributed by atoms with Crippen LogP contribution in [0.4, 0.5) is 4.79 Å². The number of nitrogens with one attached hydrogen (secondary N) is 3. The maximum absolute atomic E-state index is 13.6. The van der Waals surface area contributed by atoms with Crippen molar-refractivity contribution in [2.45, 2.75) is 71.7 Å². The molecule has 0 aliphatic carbocycles. The first-order valence-electron chi connectivity index (χ1n) is 12.8. The van der Waals surface area contributed by atoms with E-state index in [1.54, 1.807) is 37.6 Å². The molecule has 4 atom stereocenters. The number of rotatable bonds is 9. The van der Waals surface area contributed by atoms with Crippen molar-refractivity contribution in [2.24, 2.45) is 5.41 Å². The van der Waals surface area contributed by atoms with Crippen molar-refractivity contribution >= 4 is 35.2 Å². The van der Waals surface area contributed by atoms with E-state index in [0.717, 1.165) is 21.7 Å². The summed E-state index contributed by atoms with van der Waals surface area (Å²) in [5.74, 6) is -1.36. The smallest absolute Gasteiger partial charge is 0.404 e. The van der Waals surface area contributed by atoms with Crippen LogP contribution in [-0.4, -0.2) is 75.2 Å². The highest BCUT2D eigenvalue weighted by Gasteiger charge is 2.44. The summed E-state index contributed by atoms with van der Waals surface area (Å²) in [5, 5.41) is 26.8. The van der Waals surface area contributed by atoms with Crippen LogP contribution in [0.25, 0.3) is 10.4 Å². The number of nitrogens with zero attached hydrogens (tertiary/aromatic N) is 2. The Bertz CT molecular complexity index is 1190. The van der Waals surface area contributed by atoms with Gasteiger partial charge in [-0.3, -0.25) is 14.4 Å². The molecule has 1 aromatic heterocycles. The minimum absolute atomic E-state index is 0.0305. The number of aliphatic hydroxyl groups is 1. The molecule has 0 spiro atoms. The maximum atomic E-state index is 13.6. The van der Waals surface area contributed by atoms with Crippen LogP contribution in [0.1, 0.15) is 57.8 Å². The Hall–Kier alpha value is -3.51. The fraction of sp³-hybridized carbons (Fsp3) is 0.519. The minimum Gasteiger partial charge on any atom is -0.465 e. The molecule has 0 bridgehead atoms. The van der Waals surface area contributed by atoms with E-state index in [-0.39, 0.29) is 37.9 Å². The van der Waals surface area contributed by atoms with Crippen LogP contribution in [0.5, 0.6) is 0 Å². The quantitative estimate of drug-likeness (QED) is 0.315. The second kappa shape index (κ2) is 12.6. The topological polar surface area (TPSA) is 161 Å². The highest BCUT2D eigenvalue weighted by atomic mass is 32.1. The predicted molar refractivity (Wildman–Crippen MR) is 147 cm³/mol. The molecule has 2 heterocycles. The molecule has 1 fully saturated rings. The number of thiazole rings is 1. The highest BCUT2D eigenvalue weighted by Crippen LogP contribution is 2.29. The molecule has 11 nitrogen and oxygen atoms in total. The van der Waals surface area contributed by atoms with Crippen molar-refractivity contribution in [1.82, 2.24) is 25.8 Å². The Morgan fingerprint density at radius 3 is 2.38 bits per heavy atom. The van der Waals surface area contributed by atoms with E-state index in [4.69, 9.17) is 5.11 Å². The number of aryl methyl sites for hydroxylation is 1. The highest BCUT2D eigenvalue weighted by molar-refractivity contribution is 7.13. The monoisotopic (exact) mass is 559 g/mol. The van der Waals surface area contributed by atoms with E-state index in [9.17, 15) is 24.3 Å². The van der Waals surface area contributed by atoms with Gasteiger partial charge in [-0.05, 0) is 30.4 Å². The number of benzene rings is 1. The summed E-state index contributed by atoms with van der Waals surface area (Å²) in [7, 11) is 0. The molecule has 5 N–H and O–H groups in total. The molecule has 212 valence electrons. The van der Waals surface area contributed by atoms with Gasteiger partial charge in [0.05, 0.1) is 28.2 Å². The van der Waals surface area contributed by atoms with Crippen molar-refractivity contribution in [3.05, 3.63) is 41.0 Å². The second-order valence-corrected chi connectivity index (χ2v) is 11.7. The number of likely N-dealkylation sites (tertiary alicyclic amines) is 1. The van der Waals surface area contributed by atoms with Gasteiger partial charge in [0.15, 0.2) is 0 Å². The second-order valence-electron chi connectivity index (χ2n) is 10.9. The van der Waals surface area contributed by atoms with Gasteiger partial charge >= 0.3 is 6.09 Å². The lowest BCUT2D eigenvalue weighted by Gasteiger charge is -2.35. The van der Waals surface area contributed by atoms with E-state index < -0.39 is 41.5 Å². The molecule has 1 aliphatic heterocycles. The molecule has 1 saturated heterocycles. The minimum atomic E-state index is -1.24. The molecule has 0 radical (unpaired) electrons. The van der Waals surface area contributed by atoms with Crippen LogP contribution in [0.2, 0.25) is 0 Å². The molecular formula is C27H37N5O6S. The van der Waals surface area contributed by atoms with Crippen LogP contribution < -0.4 is 16.0 Å². The van der Waals surface area contributed by atoms with E-state index >= 15 is 0 Å². The van der Waals surface area contributed by atoms with E-state index in [0.29, 0.717) is 0 Å². The number of carbonyl (C=O) groups is 4. The van der Waals surface area contributed by atoms with Crippen molar-refractivity contribution in [1.29, 1.82) is 0 Å². The van der Waals surface area contributed by atoms with Crippen molar-refractivity contribution in [3.8, 4) is 10.4 Å². The van der Waals surface area contributed by atoms with Gasteiger partial charge in [0.25, 0.3) is 0 Å². The number of aromatic nitrogens is 1. The molecule has 39 heavy (non-hydrogen) atoms. The molecule has 1 aliphatic rings. The Balaban J connectivity index is 1.69. The summed E-state index contributed by atoms with van der Waals surface area (Å²) in [5.41, 5.74) is 3.99. The molecular weight excluding hydrogens is 522 g/mol. The average Bonchev–Trinajstić information content (AvgIpc) is 3.46. The Kier molecular flexibility index (Phi) is 9.68. The number of hydrogen-bond acceptors (Lipinski definition) is 7. The zero-order chi connectivity index (χ0) is 28.9. The van der Waals surface area contributed by atoms with Crippen molar-refractivity contribution in [3.63, 3.8) is 0 Å². The Morgan fingerprint density at radius 2 is 1.82 bits per heavy atom. The molecule has 1 aromatic carbocycles. The third-order valence-electron chi connectivity index (χ3n) is 6.69. The van der Waals surface area contributed by atoms with E-state index in [1.807, 2.05) is 38.1 Å². The first kappa shape index (κ1) is 30.0. The largest absolute Gasteiger partial charge is 0.465 e. The molecule has 12 heteroatoms. The number of carbonyl (C=O) groups excluding carboxylic acids is 3. The SMILES string of the molecule is Cc1ncsc1-c1ccc([C@H](C)NC(=O)[C@@H]2C[C@@H](O)CN2C(=O)C(NC(=O)CCNC(=O)O)C(C)(C)C)cc1. The first-order chi connectivity index (χ1) is 18.3. The average molecular weight is 560 g/mol. The summed E-state index contributed by atoms with van der Waals surface area (Å²) in [6.07, 6.45) is -2.18. The summed E-state index contributed by atoms with van der Waals surface area (Å²) in [6, 6.07) is 5.63. The van der Waals surface area contributed by atoms with Gasteiger partial charge in [0.1, 0.15) is 12.1 Å². The van der Waals surface area contributed by atoms with Crippen LogP contribution in [0.3, 0.4) is 0 Å². The molecule has 1 unspecified atom stereocenters. The first-order valence-corrected chi connectivity index (χ1v) is 13.7. The van der Waals surface area contributed by atoms with Gasteiger partial charge in [0.2, 0.25) is 17.7 Å². The lowest BCUT2D eigenvalue weighted by molar-refractivity contribution is -0.144. The maximum Gasteiger partial charge on any atom is 0.404 e. The number of aliphatic hydroxyl groups excluding tert-OH is 1. The van der Waals surface area contributed by atoms with E-state index in [2.05, 4.69) is 20.9 Å². The van der Waals surface area contributed by atoms with Gasteiger partial charge in [-0.15, -0.1) is 11.3 Å². The van der Waals surface area contributed by atoms with Crippen LogP contribution in [0.15, 0.2) is 29.8 Å². The van der Waals surface area contributed by atoms with Gasteiger partial charge in [-0.25, -0.2) is 9.78 Å². The van der Waals surface area contributed by atoms with E-state index in [1.165, 1.54) is 4.90 Å². The summed E-state index contributed by atoms with van der Waals surface area (Å²) in [4.78, 5) is 56.7. The third-order valence-corrected chi connectivity index (χ3v) is 7.67. The van der Waals surface area contributed by atoms with Gasteiger partial charge < -0.3 is 31.1 Å². The zero-order valence-corrected chi connectivity index (χ0v) is 23.7. The molecule has 3 rings (SSSR count). The summed E-state index contributed by atoms with van der Waals surface area (Å²) in [6.45, 7) is 9.04. The van der Waals surface area contributed by atoms with Gasteiger partial charge in [0, 0.05) is 25.9 Å².